The Kier molecular flexibility index (Phi) is 6.21. The molecule has 1 aromatic carbocycles. The molecule has 0 saturated carbocycles. The smallest absolute Gasteiger partial charge is 0.467 e. The zero-order valence-corrected chi connectivity index (χ0v) is 14.7. The number of anilines is 2. The Hall–Kier alpha value is -3.31. The summed E-state index contributed by atoms with van der Waals surface area (Å²) in [4.78, 5) is 25.8. The Bertz CT molecular complexity index is 801. The molecule has 0 saturated heterocycles. The van der Waals surface area contributed by atoms with Gasteiger partial charge in [-0.05, 0) is 12.1 Å². The molecule has 27 heavy (non-hydrogen) atoms. The number of carbonyl (C=O) groups is 1. The molecular formula is C15H17F3N6O3. The van der Waals surface area contributed by atoms with Gasteiger partial charge in [0.25, 0.3) is 0 Å². The fourth-order valence-electron chi connectivity index (χ4n) is 1.87. The van der Waals surface area contributed by atoms with Crippen LogP contribution in [0.4, 0.5) is 29.6 Å². The fourth-order valence-corrected chi connectivity index (χ4v) is 1.87. The summed E-state index contributed by atoms with van der Waals surface area (Å²) in [6.07, 6.45) is -4.88. The Morgan fingerprint density at radius 1 is 1.19 bits per heavy atom. The molecule has 0 fully saturated rings. The summed E-state index contributed by atoms with van der Waals surface area (Å²) >= 11 is 0. The number of aromatic nitrogens is 3. The number of urea groups is 1. The van der Waals surface area contributed by atoms with Crippen LogP contribution in [0.1, 0.15) is 5.82 Å². The number of benzene rings is 1. The van der Waals surface area contributed by atoms with Crippen LogP contribution in [0.2, 0.25) is 0 Å². The van der Waals surface area contributed by atoms with E-state index in [-0.39, 0.29) is 24.1 Å². The highest BCUT2D eigenvalue weighted by molar-refractivity contribution is 5.90. The van der Waals surface area contributed by atoms with Crippen molar-refractivity contribution in [3.63, 3.8) is 0 Å². The van der Waals surface area contributed by atoms with Gasteiger partial charge in [-0.1, -0.05) is 12.1 Å². The second-order valence-electron chi connectivity index (χ2n) is 5.28. The monoisotopic (exact) mass is 386 g/mol. The number of carbonyl (C=O) groups excluding carboxylic acids is 1. The number of amides is 2. The molecular weight excluding hydrogens is 369 g/mol. The van der Waals surface area contributed by atoms with Gasteiger partial charge in [0, 0.05) is 14.1 Å². The predicted molar refractivity (Wildman–Crippen MR) is 89.7 cm³/mol. The average Bonchev–Trinajstić information content (AvgIpc) is 2.60. The van der Waals surface area contributed by atoms with E-state index < -0.39 is 18.1 Å². The predicted octanol–water partition coefficient (Wildman–Crippen LogP) is 2.17. The SMILES string of the molecule is COc1nc(CNC(=O)Nc2ccccc2OC(F)(F)F)nc(N(C)C)n1. The van der Waals surface area contributed by atoms with Crippen LogP contribution in [0.3, 0.4) is 0 Å². The van der Waals surface area contributed by atoms with Gasteiger partial charge in [-0.2, -0.15) is 15.0 Å². The number of alkyl halides is 3. The van der Waals surface area contributed by atoms with Crippen molar-refractivity contribution < 1.29 is 27.4 Å². The number of hydrogen-bond donors (Lipinski definition) is 2. The summed E-state index contributed by atoms with van der Waals surface area (Å²) in [5.74, 6) is 0.000354. The quantitative estimate of drug-likeness (QED) is 0.785. The van der Waals surface area contributed by atoms with Crippen LogP contribution >= 0.6 is 0 Å². The lowest BCUT2D eigenvalue weighted by Crippen LogP contribution is -2.30. The number of halogens is 3. The highest BCUT2D eigenvalue weighted by atomic mass is 19.4. The third-order valence-corrected chi connectivity index (χ3v) is 3.00. The van der Waals surface area contributed by atoms with Gasteiger partial charge in [-0.25, -0.2) is 4.79 Å². The maximum absolute atomic E-state index is 12.4. The molecule has 9 nitrogen and oxygen atoms in total. The Labute approximate surface area is 152 Å². The van der Waals surface area contributed by atoms with Gasteiger partial charge < -0.3 is 25.0 Å². The first kappa shape index (κ1) is 20.0. The normalized spacial score (nSPS) is 10.9. The molecule has 0 unspecified atom stereocenters. The van der Waals surface area contributed by atoms with Crippen molar-refractivity contribution >= 4 is 17.7 Å². The van der Waals surface area contributed by atoms with Gasteiger partial charge in [0.1, 0.15) is 0 Å². The minimum absolute atomic E-state index is 0.0647. The fraction of sp³-hybridized carbons (Fsp3) is 0.333. The molecule has 146 valence electrons. The van der Waals surface area contributed by atoms with Gasteiger partial charge in [-0.15, -0.1) is 13.2 Å². The molecule has 2 N–H and O–H groups in total. The summed E-state index contributed by atoms with van der Waals surface area (Å²) in [6, 6.07) is 4.47. The maximum atomic E-state index is 12.4. The van der Waals surface area contributed by atoms with Crippen molar-refractivity contribution in [2.75, 3.05) is 31.4 Å². The molecule has 2 amide bonds. The second-order valence-corrected chi connectivity index (χ2v) is 5.28. The summed E-state index contributed by atoms with van der Waals surface area (Å²) in [7, 11) is 4.82. The van der Waals surface area contributed by atoms with Crippen molar-refractivity contribution in [2.45, 2.75) is 12.9 Å². The molecule has 2 aromatic rings. The highest BCUT2D eigenvalue weighted by Gasteiger charge is 2.32. The Morgan fingerprint density at radius 2 is 1.89 bits per heavy atom. The highest BCUT2D eigenvalue weighted by Crippen LogP contribution is 2.29. The van der Waals surface area contributed by atoms with E-state index in [1.807, 2.05) is 0 Å². The zero-order valence-electron chi connectivity index (χ0n) is 14.7. The van der Waals surface area contributed by atoms with Crippen molar-refractivity contribution in [3.05, 3.63) is 30.1 Å². The maximum Gasteiger partial charge on any atom is 0.573 e. The lowest BCUT2D eigenvalue weighted by molar-refractivity contribution is -0.274. The van der Waals surface area contributed by atoms with Gasteiger partial charge in [0.05, 0.1) is 19.3 Å². The van der Waals surface area contributed by atoms with E-state index in [1.54, 1.807) is 19.0 Å². The van der Waals surface area contributed by atoms with E-state index >= 15 is 0 Å². The summed E-state index contributed by atoms with van der Waals surface area (Å²) < 4.78 is 46.1. The first-order chi connectivity index (χ1) is 12.7. The average molecular weight is 386 g/mol. The molecule has 1 aromatic heterocycles. The van der Waals surface area contributed by atoms with E-state index in [2.05, 4.69) is 30.3 Å². The van der Waals surface area contributed by atoms with Gasteiger partial charge in [0.15, 0.2) is 11.6 Å². The second kappa shape index (κ2) is 8.38. The van der Waals surface area contributed by atoms with Crippen LogP contribution < -0.4 is 25.0 Å². The minimum atomic E-state index is -4.88. The van der Waals surface area contributed by atoms with Crippen LogP contribution in [0, 0.1) is 0 Å². The minimum Gasteiger partial charge on any atom is -0.467 e. The zero-order chi connectivity index (χ0) is 20.0. The van der Waals surface area contributed by atoms with Crippen molar-refractivity contribution in [1.29, 1.82) is 0 Å². The number of ether oxygens (including phenoxy) is 2. The molecule has 0 spiro atoms. The van der Waals surface area contributed by atoms with Crippen LogP contribution in [-0.2, 0) is 6.54 Å². The van der Waals surface area contributed by atoms with E-state index in [0.717, 1.165) is 6.07 Å². The Morgan fingerprint density at radius 3 is 2.52 bits per heavy atom. The molecule has 0 radical (unpaired) electrons. The van der Waals surface area contributed by atoms with Crippen LogP contribution in [0.5, 0.6) is 11.8 Å². The number of hydrogen-bond acceptors (Lipinski definition) is 7. The van der Waals surface area contributed by atoms with Crippen LogP contribution in [-0.4, -0.2) is 48.6 Å². The molecule has 0 aliphatic heterocycles. The van der Waals surface area contributed by atoms with Crippen molar-refractivity contribution in [2.24, 2.45) is 0 Å². The van der Waals surface area contributed by atoms with Gasteiger partial charge >= 0.3 is 18.4 Å². The summed E-state index contributed by atoms with van der Waals surface area (Å²) in [5, 5.41) is 4.72. The molecule has 0 aliphatic rings. The largest absolute Gasteiger partial charge is 0.573 e. The Balaban J connectivity index is 2.04. The van der Waals surface area contributed by atoms with E-state index in [4.69, 9.17) is 4.74 Å². The van der Waals surface area contributed by atoms with Gasteiger partial charge in [0.2, 0.25) is 5.95 Å². The topological polar surface area (TPSA) is 102 Å². The van der Waals surface area contributed by atoms with Gasteiger partial charge in [-0.3, -0.25) is 0 Å². The molecule has 12 heteroatoms. The first-order valence-corrected chi connectivity index (χ1v) is 7.54. The van der Waals surface area contributed by atoms with E-state index in [1.165, 1.54) is 25.3 Å². The molecule has 0 aliphatic carbocycles. The molecule has 0 bridgehead atoms. The molecule has 1 heterocycles. The van der Waals surface area contributed by atoms with E-state index in [0.29, 0.717) is 5.95 Å². The number of rotatable bonds is 6. The lowest BCUT2D eigenvalue weighted by atomic mass is 10.3. The number of methoxy groups -OCH3 is 1. The number of para-hydroxylation sites is 2. The van der Waals surface area contributed by atoms with E-state index in [9.17, 15) is 18.0 Å². The number of nitrogens with zero attached hydrogens (tertiary/aromatic N) is 4. The standard InChI is InChI=1S/C15H17F3N6O3/c1-24(2)12-21-11(22-14(23-12)26-3)8-19-13(25)20-9-6-4-5-7-10(9)27-15(16,17)18/h4-7H,8H2,1-3H3,(H2,19,20,25). The molecule has 0 atom stereocenters. The third kappa shape index (κ3) is 6.17. The summed E-state index contributed by atoms with van der Waals surface area (Å²) in [5.41, 5.74) is -0.144. The summed E-state index contributed by atoms with van der Waals surface area (Å²) in [6.45, 7) is -0.103. The van der Waals surface area contributed by atoms with Crippen LogP contribution in [0.25, 0.3) is 0 Å². The van der Waals surface area contributed by atoms with Crippen LogP contribution in [0.15, 0.2) is 24.3 Å². The first-order valence-electron chi connectivity index (χ1n) is 7.54. The third-order valence-electron chi connectivity index (χ3n) is 3.00. The van der Waals surface area contributed by atoms with Crippen molar-refractivity contribution in [1.82, 2.24) is 20.3 Å². The number of nitrogens with one attached hydrogen (secondary N) is 2. The lowest BCUT2D eigenvalue weighted by Gasteiger charge is -2.14. The van der Waals surface area contributed by atoms with Crippen molar-refractivity contribution in [3.8, 4) is 11.8 Å². The molecule has 2 rings (SSSR count).